The topological polar surface area (TPSA) is 26.3 Å². The first-order chi connectivity index (χ1) is 9.13. The zero-order valence-electron chi connectivity index (χ0n) is 10.0. The van der Waals surface area contributed by atoms with Gasteiger partial charge in [-0.25, -0.2) is 0 Å². The van der Waals surface area contributed by atoms with Crippen LogP contribution in [0, 0.1) is 0 Å². The molecule has 1 aliphatic carbocycles. The fourth-order valence-corrected chi connectivity index (χ4v) is 4.59. The van der Waals surface area contributed by atoms with E-state index in [1.165, 1.54) is 0 Å². The number of ether oxygens (including phenoxy) is 1. The highest BCUT2D eigenvalue weighted by atomic mass is 79.9. The van der Waals surface area contributed by atoms with Crippen LogP contribution in [-0.4, -0.2) is 12.9 Å². The molecule has 0 radical (unpaired) electrons. The molecule has 0 saturated carbocycles. The molecule has 3 rings (SSSR count). The number of hydrogen-bond donors (Lipinski definition) is 0. The Kier molecular flexibility index (Phi) is 3.52. The molecule has 2 unspecified atom stereocenters. The van der Waals surface area contributed by atoms with Gasteiger partial charge in [0, 0.05) is 28.1 Å². The predicted molar refractivity (Wildman–Crippen MR) is 80.6 cm³/mol. The predicted octanol–water partition coefficient (Wildman–Crippen LogP) is 4.77. The molecule has 0 N–H and O–H groups in total. The summed E-state index contributed by atoms with van der Waals surface area (Å²) >= 11 is 11.2. The van der Waals surface area contributed by atoms with Crippen molar-refractivity contribution < 1.29 is 9.53 Å². The van der Waals surface area contributed by atoms with Crippen LogP contribution < -0.4 is 0 Å². The van der Waals surface area contributed by atoms with E-state index in [0.717, 1.165) is 10.4 Å². The Morgan fingerprint density at radius 3 is 2.84 bits per heavy atom. The van der Waals surface area contributed by atoms with E-state index in [2.05, 4.69) is 15.9 Å². The first-order valence-electron chi connectivity index (χ1n) is 5.72. The lowest BCUT2D eigenvalue weighted by Gasteiger charge is -2.20. The van der Waals surface area contributed by atoms with Gasteiger partial charge < -0.3 is 4.74 Å². The summed E-state index contributed by atoms with van der Waals surface area (Å²) < 4.78 is 5.58. The highest BCUT2D eigenvalue weighted by Gasteiger charge is 2.34. The molecule has 1 aromatic carbocycles. The minimum atomic E-state index is -0.165. The molecular formula is C14H10BrClO2S. The largest absolute Gasteiger partial charge is 0.374 e. The fraction of sp³-hybridized carbons (Fsp3) is 0.214. The molecular weight excluding hydrogens is 348 g/mol. The van der Waals surface area contributed by atoms with Gasteiger partial charge in [0.15, 0.2) is 5.78 Å². The maximum Gasteiger partial charge on any atom is 0.194 e. The number of fused-ring (bicyclic) bond motifs is 2. The number of rotatable bonds is 1. The number of carbonyl (C=O) groups excluding carboxylic acids is 1. The van der Waals surface area contributed by atoms with E-state index in [0.29, 0.717) is 16.1 Å². The van der Waals surface area contributed by atoms with Gasteiger partial charge in [-0.15, -0.1) is 11.3 Å². The molecule has 98 valence electrons. The van der Waals surface area contributed by atoms with Gasteiger partial charge in [-0.1, -0.05) is 33.6 Å². The Hall–Kier alpha value is -0.680. The van der Waals surface area contributed by atoms with Crippen molar-refractivity contribution >= 4 is 44.7 Å². The van der Waals surface area contributed by atoms with Crippen LogP contribution in [0.2, 0.25) is 5.02 Å². The van der Waals surface area contributed by atoms with Crippen molar-refractivity contribution in [2.24, 2.45) is 0 Å². The van der Waals surface area contributed by atoms with Crippen LogP contribution in [0.4, 0.5) is 0 Å². The minimum absolute atomic E-state index is 0.0118. The van der Waals surface area contributed by atoms with Gasteiger partial charge in [-0.05, 0) is 29.1 Å². The second-order valence-electron chi connectivity index (χ2n) is 4.32. The van der Waals surface area contributed by atoms with Crippen molar-refractivity contribution in [3.8, 4) is 0 Å². The van der Waals surface area contributed by atoms with E-state index in [1.54, 1.807) is 30.6 Å². The van der Waals surface area contributed by atoms with Crippen molar-refractivity contribution in [3.63, 3.8) is 0 Å². The summed E-state index contributed by atoms with van der Waals surface area (Å²) in [5, 5.41) is 2.49. The van der Waals surface area contributed by atoms with E-state index in [9.17, 15) is 4.79 Å². The molecule has 1 aromatic heterocycles. The first-order valence-corrected chi connectivity index (χ1v) is 7.89. The summed E-state index contributed by atoms with van der Waals surface area (Å²) in [6, 6.07) is 7.27. The summed E-state index contributed by atoms with van der Waals surface area (Å²) in [6.07, 6.45) is -0.165. The summed E-state index contributed by atoms with van der Waals surface area (Å²) in [4.78, 5) is 13.5. The molecule has 2 aromatic rings. The van der Waals surface area contributed by atoms with Gasteiger partial charge in [0.05, 0.1) is 4.83 Å². The monoisotopic (exact) mass is 356 g/mol. The highest BCUT2D eigenvalue weighted by Crippen LogP contribution is 2.46. The lowest BCUT2D eigenvalue weighted by Crippen LogP contribution is -2.06. The standard InChI is InChI=1S/C14H10BrClO2S/c1-18-13-11(15)8-3-2-7(16)6-10(8)12(17)9-4-5-19-14(9)13/h2-6,11,13H,1H3. The summed E-state index contributed by atoms with van der Waals surface area (Å²) in [6.45, 7) is 0. The van der Waals surface area contributed by atoms with Crippen LogP contribution in [0.5, 0.6) is 0 Å². The normalized spacial score (nSPS) is 21.7. The molecule has 19 heavy (non-hydrogen) atoms. The van der Waals surface area contributed by atoms with E-state index < -0.39 is 0 Å². The molecule has 1 heterocycles. The van der Waals surface area contributed by atoms with E-state index in [-0.39, 0.29) is 16.7 Å². The molecule has 0 saturated heterocycles. The summed E-state index contributed by atoms with van der Waals surface area (Å²) in [5.74, 6) is 0.0118. The Morgan fingerprint density at radius 1 is 1.32 bits per heavy atom. The third kappa shape index (κ3) is 2.07. The Labute approximate surface area is 128 Å². The molecule has 0 spiro atoms. The second-order valence-corrected chi connectivity index (χ2v) is 6.69. The second kappa shape index (κ2) is 5.02. The molecule has 0 aliphatic heterocycles. The van der Waals surface area contributed by atoms with E-state index in [1.807, 2.05) is 17.5 Å². The van der Waals surface area contributed by atoms with Crippen LogP contribution in [0.3, 0.4) is 0 Å². The smallest absolute Gasteiger partial charge is 0.194 e. The lowest BCUT2D eigenvalue weighted by molar-refractivity contribution is 0.101. The number of halogens is 2. The van der Waals surface area contributed by atoms with Gasteiger partial charge in [0.25, 0.3) is 0 Å². The molecule has 2 nitrogen and oxygen atoms in total. The zero-order chi connectivity index (χ0) is 13.6. The minimum Gasteiger partial charge on any atom is -0.374 e. The molecule has 1 aliphatic rings. The maximum atomic E-state index is 12.6. The quantitative estimate of drug-likeness (QED) is 0.687. The van der Waals surface area contributed by atoms with Gasteiger partial charge in [-0.2, -0.15) is 0 Å². The van der Waals surface area contributed by atoms with Crippen LogP contribution >= 0.6 is 38.9 Å². The van der Waals surface area contributed by atoms with Crippen molar-refractivity contribution in [3.05, 3.63) is 56.2 Å². The van der Waals surface area contributed by atoms with Crippen molar-refractivity contribution in [2.75, 3.05) is 7.11 Å². The number of thiophene rings is 1. The van der Waals surface area contributed by atoms with Crippen LogP contribution in [-0.2, 0) is 4.74 Å². The third-order valence-corrected chi connectivity index (χ3v) is 5.46. The number of hydrogen-bond acceptors (Lipinski definition) is 3. The van der Waals surface area contributed by atoms with Gasteiger partial charge in [0.1, 0.15) is 6.10 Å². The van der Waals surface area contributed by atoms with Crippen LogP contribution in [0.15, 0.2) is 29.6 Å². The lowest BCUT2D eigenvalue weighted by atomic mass is 10.0. The maximum absolute atomic E-state index is 12.6. The molecule has 0 bridgehead atoms. The Balaban J connectivity index is 2.28. The average molecular weight is 358 g/mol. The summed E-state index contributed by atoms with van der Waals surface area (Å²) in [5.41, 5.74) is 2.28. The average Bonchev–Trinajstić information content (AvgIpc) is 2.85. The van der Waals surface area contributed by atoms with Crippen molar-refractivity contribution in [1.29, 1.82) is 0 Å². The van der Waals surface area contributed by atoms with Crippen molar-refractivity contribution in [1.82, 2.24) is 0 Å². The molecule has 0 fully saturated rings. The third-order valence-electron chi connectivity index (χ3n) is 3.28. The van der Waals surface area contributed by atoms with Gasteiger partial charge in [-0.3, -0.25) is 4.79 Å². The van der Waals surface area contributed by atoms with E-state index in [4.69, 9.17) is 16.3 Å². The number of carbonyl (C=O) groups is 1. The van der Waals surface area contributed by atoms with Crippen molar-refractivity contribution in [2.45, 2.75) is 10.9 Å². The molecule has 2 atom stereocenters. The zero-order valence-corrected chi connectivity index (χ0v) is 13.2. The number of ketones is 1. The summed E-state index contributed by atoms with van der Waals surface area (Å²) in [7, 11) is 1.66. The SMILES string of the molecule is COC1c2sccc2C(=O)c2cc(Cl)ccc2C1Br. The number of alkyl halides is 1. The Morgan fingerprint density at radius 2 is 2.11 bits per heavy atom. The first kappa shape index (κ1) is 13.3. The van der Waals surface area contributed by atoms with Gasteiger partial charge in [0.2, 0.25) is 0 Å². The molecule has 5 heteroatoms. The Bertz CT molecular complexity index is 653. The van der Waals surface area contributed by atoms with Gasteiger partial charge >= 0.3 is 0 Å². The fourth-order valence-electron chi connectivity index (χ4n) is 2.36. The van der Waals surface area contributed by atoms with Crippen LogP contribution in [0.1, 0.15) is 37.3 Å². The molecule has 0 amide bonds. The number of benzene rings is 1. The highest BCUT2D eigenvalue weighted by molar-refractivity contribution is 9.09. The van der Waals surface area contributed by atoms with E-state index >= 15 is 0 Å². The van der Waals surface area contributed by atoms with Crippen LogP contribution in [0.25, 0.3) is 0 Å². The number of methoxy groups -OCH3 is 1.